The number of amides is 1. The zero-order chi connectivity index (χ0) is 25.8. The van der Waals surface area contributed by atoms with Crippen LogP contribution in [0, 0.1) is 5.92 Å². The molecule has 1 N–H and O–H groups in total. The fourth-order valence-electron chi connectivity index (χ4n) is 5.26. The van der Waals surface area contributed by atoms with Crippen molar-refractivity contribution < 1.29 is 17.9 Å². The number of carbonyl (C=O) groups is 1. The quantitative estimate of drug-likeness (QED) is 0.505. The summed E-state index contributed by atoms with van der Waals surface area (Å²) in [6.45, 7) is 3.02. The third-order valence-corrected chi connectivity index (χ3v) is 9.26. The second kappa shape index (κ2) is 11.1. The summed E-state index contributed by atoms with van der Waals surface area (Å²) in [4.78, 5) is 20.2. The lowest BCUT2D eigenvalue weighted by molar-refractivity contribution is -0.125. The Kier molecular flexibility index (Phi) is 7.62. The molecule has 0 spiro atoms. The monoisotopic (exact) mass is 522 g/mol. The van der Waals surface area contributed by atoms with Crippen molar-refractivity contribution in [3.63, 3.8) is 0 Å². The van der Waals surface area contributed by atoms with Gasteiger partial charge in [0.15, 0.2) is 0 Å². The van der Waals surface area contributed by atoms with Crippen molar-refractivity contribution in [1.29, 1.82) is 0 Å². The summed E-state index contributed by atoms with van der Waals surface area (Å²) in [5, 5.41) is 3.86. The number of rotatable bonds is 7. The average molecular weight is 523 g/mol. The Morgan fingerprint density at radius 1 is 1.03 bits per heavy atom. The molecule has 8 nitrogen and oxygen atoms in total. The minimum absolute atomic E-state index is 0.0314. The van der Waals surface area contributed by atoms with Crippen molar-refractivity contribution in [3.8, 4) is 5.75 Å². The highest BCUT2D eigenvalue weighted by molar-refractivity contribution is 7.89. The molecule has 3 heterocycles. The molecular weight excluding hydrogens is 488 g/mol. The molecule has 0 radical (unpaired) electrons. The molecule has 196 valence electrons. The molecule has 0 unspecified atom stereocenters. The number of fused-ring (bicyclic) bond motifs is 1. The van der Waals surface area contributed by atoms with Gasteiger partial charge in [0.1, 0.15) is 11.6 Å². The highest BCUT2D eigenvalue weighted by Crippen LogP contribution is 2.27. The van der Waals surface area contributed by atoms with Crippen LogP contribution in [0.25, 0.3) is 10.9 Å². The number of nitrogens with zero attached hydrogens (tertiary/aromatic N) is 3. The second-order valence-corrected chi connectivity index (χ2v) is 11.7. The van der Waals surface area contributed by atoms with Crippen LogP contribution in [0.2, 0.25) is 0 Å². The number of anilines is 1. The van der Waals surface area contributed by atoms with Crippen molar-refractivity contribution in [2.75, 3.05) is 38.2 Å². The predicted octanol–water partition coefficient (Wildman–Crippen LogP) is 3.95. The highest BCUT2D eigenvalue weighted by atomic mass is 32.2. The van der Waals surface area contributed by atoms with Gasteiger partial charge in [-0.3, -0.25) is 4.79 Å². The van der Waals surface area contributed by atoms with Gasteiger partial charge in [-0.15, -0.1) is 0 Å². The Morgan fingerprint density at radius 3 is 2.65 bits per heavy atom. The Bertz CT molecular complexity index is 1370. The van der Waals surface area contributed by atoms with E-state index in [1.165, 1.54) is 0 Å². The van der Waals surface area contributed by atoms with Crippen LogP contribution in [-0.4, -0.2) is 56.9 Å². The molecule has 2 saturated heterocycles. The van der Waals surface area contributed by atoms with Crippen LogP contribution in [-0.2, 0) is 21.4 Å². The molecule has 0 saturated carbocycles. The number of aromatic nitrogens is 1. The molecule has 0 bridgehead atoms. The number of methoxy groups -OCH3 is 1. The maximum Gasteiger partial charge on any atom is 0.243 e. The Labute approximate surface area is 218 Å². The Hall–Kier alpha value is -3.17. The van der Waals surface area contributed by atoms with Gasteiger partial charge in [0.25, 0.3) is 0 Å². The van der Waals surface area contributed by atoms with Gasteiger partial charge >= 0.3 is 0 Å². The number of ether oxygens (including phenoxy) is 1. The van der Waals surface area contributed by atoms with Crippen LogP contribution < -0.4 is 15.0 Å². The lowest BCUT2D eigenvalue weighted by atomic mass is 9.97. The molecule has 2 aliphatic rings. The van der Waals surface area contributed by atoms with E-state index in [0.29, 0.717) is 31.1 Å². The molecule has 1 amide bonds. The van der Waals surface area contributed by atoms with Gasteiger partial charge in [0.05, 0.1) is 23.4 Å². The van der Waals surface area contributed by atoms with E-state index >= 15 is 0 Å². The topological polar surface area (TPSA) is 91.8 Å². The summed E-state index contributed by atoms with van der Waals surface area (Å²) in [5.74, 6) is 1.48. The predicted molar refractivity (Wildman–Crippen MR) is 144 cm³/mol. The molecule has 2 aromatic carbocycles. The summed E-state index contributed by atoms with van der Waals surface area (Å²) in [6.07, 6.45) is 4.64. The maximum absolute atomic E-state index is 13.1. The summed E-state index contributed by atoms with van der Waals surface area (Å²) in [6, 6.07) is 16.7. The van der Waals surface area contributed by atoms with Crippen LogP contribution in [0.15, 0.2) is 59.5 Å². The van der Waals surface area contributed by atoms with E-state index in [0.717, 1.165) is 66.7 Å². The van der Waals surface area contributed by atoms with E-state index in [9.17, 15) is 13.2 Å². The van der Waals surface area contributed by atoms with Crippen LogP contribution >= 0.6 is 0 Å². The number of para-hydroxylation sites is 1. The maximum atomic E-state index is 13.1. The Balaban J connectivity index is 1.27. The van der Waals surface area contributed by atoms with Crippen molar-refractivity contribution >= 4 is 32.7 Å². The molecule has 0 aliphatic carbocycles. The molecule has 5 rings (SSSR count). The smallest absolute Gasteiger partial charge is 0.243 e. The zero-order valence-corrected chi connectivity index (χ0v) is 22.0. The van der Waals surface area contributed by atoms with Crippen LogP contribution in [0.3, 0.4) is 0 Å². The van der Waals surface area contributed by atoms with Gasteiger partial charge in [-0.25, -0.2) is 13.4 Å². The average Bonchev–Trinajstić information content (AvgIpc) is 2.96. The van der Waals surface area contributed by atoms with Crippen LogP contribution in [0.5, 0.6) is 5.75 Å². The molecule has 1 aromatic heterocycles. The number of sulfonamides is 1. The first-order valence-electron chi connectivity index (χ1n) is 13.0. The van der Waals surface area contributed by atoms with Gasteiger partial charge in [0, 0.05) is 43.7 Å². The first-order valence-corrected chi connectivity index (χ1v) is 14.5. The number of pyridine rings is 1. The van der Waals surface area contributed by atoms with E-state index < -0.39 is 10.0 Å². The van der Waals surface area contributed by atoms with Gasteiger partial charge in [-0.05, 0) is 62.1 Å². The summed E-state index contributed by atoms with van der Waals surface area (Å²) < 4.78 is 33.1. The molecule has 2 fully saturated rings. The fraction of sp³-hybridized carbons (Fsp3) is 0.429. The number of piperidine rings is 2. The van der Waals surface area contributed by atoms with E-state index in [4.69, 9.17) is 9.72 Å². The summed E-state index contributed by atoms with van der Waals surface area (Å²) in [5.41, 5.74) is 1.70. The molecular formula is C28H34N4O4S. The van der Waals surface area contributed by atoms with Crippen molar-refractivity contribution in [1.82, 2.24) is 14.6 Å². The van der Waals surface area contributed by atoms with Gasteiger partial charge in [-0.1, -0.05) is 24.6 Å². The van der Waals surface area contributed by atoms with Gasteiger partial charge < -0.3 is 15.0 Å². The summed E-state index contributed by atoms with van der Waals surface area (Å²) >= 11 is 0. The highest BCUT2D eigenvalue weighted by Gasteiger charge is 2.28. The largest absolute Gasteiger partial charge is 0.496 e. The van der Waals surface area contributed by atoms with Crippen LogP contribution in [0.1, 0.15) is 37.7 Å². The minimum atomic E-state index is -3.49. The zero-order valence-electron chi connectivity index (χ0n) is 21.2. The van der Waals surface area contributed by atoms with Crippen molar-refractivity contribution in [3.05, 3.63) is 60.2 Å². The molecule has 37 heavy (non-hydrogen) atoms. The SMILES string of the molecule is COc1ccccc1CNC(=O)[C@@H]1CCCN(c2ccc3cc(S(=O)(=O)N4CCCCC4)ccc3n2)C1. The first kappa shape index (κ1) is 25.5. The molecule has 2 aliphatic heterocycles. The number of benzene rings is 2. The van der Waals surface area contributed by atoms with Gasteiger partial charge in [-0.2, -0.15) is 4.31 Å². The molecule has 3 aromatic rings. The fourth-order valence-corrected chi connectivity index (χ4v) is 6.81. The number of hydrogen-bond donors (Lipinski definition) is 1. The number of carbonyl (C=O) groups excluding carboxylic acids is 1. The van der Waals surface area contributed by atoms with E-state index in [2.05, 4.69) is 10.2 Å². The molecule has 1 atom stereocenters. The van der Waals surface area contributed by atoms with Gasteiger partial charge in [0.2, 0.25) is 15.9 Å². The van der Waals surface area contributed by atoms with E-state index in [1.807, 2.05) is 36.4 Å². The second-order valence-electron chi connectivity index (χ2n) is 9.80. The normalized spacial score (nSPS) is 19.1. The third kappa shape index (κ3) is 5.57. The third-order valence-electron chi connectivity index (χ3n) is 7.36. The Morgan fingerprint density at radius 2 is 1.84 bits per heavy atom. The molecule has 9 heteroatoms. The number of hydrogen-bond acceptors (Lipinski definition) is 6. The number of nitrogens with one attached hydrogen (secondary N) is 1. The summed E-state index contributed by atoms with van der Waals surface area (Å²) in [7, 11) is -1.86. The van der Waals surface area contributed by atoms with Crippen LogP contribution in [0.4, 0.5) is 5.82 Å². The van der Waals surface area contributed by atoms with Crippen molar-refractivity contribution in [2.45, 2.75) is 43.5 Å². The standard InChI is InChI=1S/C28H34N4O4S/c1-36-26-10-4-3-8-22(26)19-29-28(33)23-9-7-15-31(20-23)27-14-11-21-18-24(12-13-25(21)30-27)37(34,35)32-16-5-2-6-17-32/h3-4,8,10-14,18,23H,2,5-7,9,15-17,19-20H2,1H3,(H,29,33)/t23-/m1/s1. The van der Waals surface area contributed by atoms with E-state index in [-0.39, 0.29) is 11.8 Å². The lowest BCUT2D eigenvalue weighted by Crippen LogP contribution is -2.43. The lowest BCUT2D eigenvalue weighted by Gasteiger charge is -2.33. The first-order chi connectivity index (χ1) is 18.0. The minimum Gasteiger partial charge on any atom is -0.496 e. The van der Waals surface area contributed by atoms with Crippen molar-refractivity contribution in [2.24, 2.45) is 5.92 Å². The van der Waals surface area contributed by atoms with E-state index in [1.54, 1.807) is 29.6 Å².